The SMILES string of the molecule is Cc1ccc(NC(=O)c2ccc3c(c2)CCN3)cc1S(=O)(=O)N(C)C.Cl. The van der Waals surface area contributed by atoms with Gasteiger partial charge in [-0.25, -0.2) is 12.7 Å². The molecular weight excluding hydrogens is 374 g/mol. The molecule has 0 fully saturated rings. The fourth-order valence-electron chi connectivity index (χ4n) is 2.80. The van der Waals surface area contributed by atoms with Gasteiger partial charge in [-0.3, -0.25) is 4.79 Å². The minimum absolute atomic E-state index is 0. The number of halogens is 1. The molecule has 0 bridgehead atoms. The minimum atomic E-state index is -3.56. The average Bonchev–Trinajstić information content (AvgIpc) is 3.03. The Morgan fingerprint density at radius 2 is 1.88 bits per heavy atom. The van der Waals surface area contributed by atoms with Gasteiger partial charge < -0.3 is 10.6 Å². The maximum absolute atomic E-state index is 12.5. The van der Waals surface area contributed by atoms with Gasteiger partial charge in [0.15, 0.2) is 0 Å². The lowest BCUT2D eigenvalue weighted by atomic mass is 10.1. The molecule has 2 aromatic rings. The number of carbonyl (C=O) groups is 1. The van der Waals surface area contributed by atoms with E-state index in [1.165, 1.54) is 20.2 Å². The number of hydrogen-bond acceptors (Lipinski definition) is 4. The van der Waals surface area contributed by atoms with Gasteiger partial charge in [-0.05, 0) is 54.8 Å². The highest BCUT2D eigenvalue weighted by molar-refractivity contribution is 7.89. The van der Waals surface area contributed by atoms with Crippen molar-refractivity contribution in [3.63, 3.8) is 0 Å². The van der Waals surface area contributed by atoms with Crippen molar-refractivity contribution in [1.82, 2.24) is 4.31 Å². The third-order valence-corrected chi connectivity index (χ3v) is 6.24. The van der Waals surface area contributed by atoms with E-state index in [0.29, 0.717) is 16.8 Å². The minimum Gasteiger partial charge on any atom is -0.384 e. The zero-order valence-corrected chi connectivity index (χ0v) is 16.5. The molecule has 0 atom stereocenters. The first-order chi connectivity index (χ1) is 11.8. The normalized spacial score (nSPS) is 12.9. The third-order valence-electron chi connectivity index (χ3n) is 4.28. The fourth-order valence-corrected chi connectivity index (χ4v) is 3.95. The summed E-state index contributed by atoms with van der Waals surface area (Å²) < 4.78 is 26.0. The van der Waals surface area contributed by atoms with Crippen molar-refractivity contribution < 1.29 is 13.2 Å². The summed E-state index contributed by atoms with van der Waals surface area (Å²) in [6.45, 7) is 2.61. The summed E-state index contributed by atoms with van der Waals surface area (Å²) in [4.78, 5) is 12.7. The molecule has 2 N–H and O–H groups in total. The molecule has 140 valence electrons. The highest BCUT2D eigenvalue weighted by Gasteiger charge is 2.21. The van der Waals surface area contributed by atoms with Crippen molar-refractivity contribution in [3.8, 4) is 0 Å². The van der Waals surface area contributed by atoms with Crippen molar-refractivity contribution in [2.75, 3.05) is 31.3 Å². The second-order valence-corrected chi connectivity index (χ2v) is 8.39. The van der Waals surface area contributed by atoms with E-state index in [0.717, 1.165) is 28.5 Å². The topological polar surface area (TPSA) is 78.5 Å². The molecule has 0 aromatic heterocycles. The predicted molar refractivity (Wildman–Crippen MR) is 106 cm³/mol. The Bertz CT molecular complexity index is 943. The Morgan fingerprint density at radius 3 is 2.58 bits per heavy atom. The van der Waals surface area contributed by atoms with Crippen LogP contribution >= 0.6 is 12.4 Å². The number of amides is 1. The monoisotopic (exact) mass is 395 g/mol. The van der Waals surface area contributed by atoms with Crippen LogP contribution in [-0.2, 0) is 16.4 Å². The summed E-state index contributed by atoms with van der Waals surface area (Å²) in [5, 5.41) is 6.04. The molecular formula is C18H22ClN3O3S. The number of aryl methyl sites for hydroxylation is 1. The molecule has 6 nitrogen and oxygen atoms in total. The van der Waals surface area contributed by atoms with Crippen LogP contribution in [0.15, 0.2) is 41.3 Å². The third kappa shape index (κ3) is 3.85. The van der Waals surface area contributed by atoms with Gasteiger partial charge in [0.1, 0.15) is 0 Å². The average molecular weight is 396 g/mol. The predicted octanol–water partition coefficient (Wildman–Crippen LogP) is 2.89. The van der Waals surface area contributed by atoms with Gasteiger partial charge >= 0.3 is 0 Å². The maximum atomic E-state index is 12.5. The fraction of sp³-hybridized carbons (Fsp3) is 0.278. The standard InChI is InChI=1S/C18H21N3O3S.ClH/c1-12-4-6-15(11-17(12)25(23,24)21(2)3)20-18(22)14-5-7-16-13(10-14)8-9-19-16;/h4-7,10-11,19H,8-9H2,1-3H3,(H,20,22);1H. The van der Waals surface area contributed by atoms with E-state index in [1.807, 2.05) is 12.1 Å². The molecule has 0 saturated heterocycles. The van der Waals surface area contributed by atoms with E-state index in [-0.39, 0.29) is 23.2 Å². The number of benzene rings is 2. The number of carbonyl (C=O) groups excluding carboxylic acids is 1. The van der Waals surface area contributed by atoms with Gasteiger partial charge in [0.05, 0.1) is 4.90 Å². The number of anilines is 2. The summed E-state index contributed by atoms with van der Waals surface area (Å²) in [5.74, 6) is -0.258. The summed E-state index contributed by atoms with van der Waals surface area (Å²) in [6, 6.07) is 10.4. The van der Waals surface area contributed by atoms with Crippen molar-refractivity contribution in [1.29, 1.82) is 0 Å². The highest BCUT2D eigenvalue weighted by Crippen LogP contribution is 2.25. The molecule has 1 heterocycles. The van der Waals surface area contributed by atoms with E-state index in [4.69, 9.17) is 0 Å². The number of fused-ring (bicyclic) bond motifs is 1. The van der Waals surface area contributed by atoms with Gasteiger partial charge in [-0.2, -0.15) is 0 Å². The molecule has 0 unspecified atom stereocenters. The smallest absolute Gasteiger partial charge is 0.255 e. The van der Waals surface area contributed by atoms with E-state index in [2.05, 4.69) is 10.6 Å². The maximum Gasteiger partial charge on any atom is 0.255 e. The molecule has 1 aliphatic heterocycles. The van der Waals surface area contributed by atoms with Crippen LogP contribution in [-0.4, -0.2) is 39.3 Å². The van der Waals surface area contributed by atoms with Gasteiger partial charge in [0, 0.05) is 37.6 Å². The second-order valence-electron chi connectivity index (χ2n) is 6.27. The second kappa shape index (κ2) is 7.65. The van der Waals surface area contributed by atoms with Crippen LogP contribution in [0.2, 0.25) is 0 Å². The first-order valence-corrected chi connectivity index (χ1v) is 9.44. The molecule has 1 amide bonds. The van der Waals surface area contributed by atoms with Gasteiger partial charge in [0.2, 0.25) is 10.0 Å². The molecule has 0 radical (unpaired) electrons. The van der Waals surface area contributed by atoms with Crippen LogP contribution in [0.4, 0.5) is 11.4 Å². The molecule has 26 heavy (non-hydrogen) atoms. The largest absolute Gasteiger partial charge is 0.384 e. The molecule has 8 heteroatoms. The van der Waals surface area contributed by atoms with Crippen molar-refractivity contribution in [3.05, 3.63) is 53.1 Å². The zero-order valence-electron chi connectivity index (χ0n) is 14.9. The summed E-state index contributed by atoms with van der Waals surface area (Å²) >= 11 is 0. The van der Waals surface area contributed by atoms with E-state index in [1.54, 1.807) is 25.1 Å². The lowest BCUT2D eigenvalue weighted by Gasteiger charge is -2.15. The molecule has 0 aliphatic carbocycles. The Labute approximate surface area is 160 Å². The van der Waals surface area contributed by atoms with Crippen LogP contribution in [0.25, 0.3) is 0 Å². The number of sulfonamides is 1. The van der Waals surface area contributed by atoms with Crippen LogP contribution < -0.4 is 10.6 Å². The number of nitrogens with one attached hydrogen (secondary N) is 2. The zero-order chi connectivity index (χ0) is 18.2. The quantitative estimate of drug-likeness (QED) is 0.834. The number of nitrogens with zero attached hydrogens (tertiary/aromatic N) is 1. The molecule has 0 saturated carbocycles. The Morgan fingerprint density at radius 1 is 1.15 bits per heavy atom. The van der Waals surface area contributed by atoms with Crippen LogP contribution in [0, 0.1) is 6.92 Å². The highest BCUT2D eigenvalue weighted by atomic mass is 35.5. The molecule has 0 spiro atoms. The summed E-state index contributed by atoms with van der Waals surface area (Å²) in [7, 11) is -0.595. The van der Waals surface area contributed by atoms with Crippen molar-refractivity contribution in [2.24, 2.45) is 0 Å². The number of hydrogen-bond donors (Lipinski definition) is 2. The number of rotatable bonds is 4. The van der Waals surface area contributed by atoms with Crippen molar-refractivity contribution in [2.45, 2.75) is 18.2 Å². The van der Waals surface area contributed by atoms with Gasteiger partial charge in [-0.15, -0.1) is 12.4 Å². The van der Waals surface area contributed by atoms with Gasteiger partial charge in [-0.1, -0.05) is 6.07 Å². The summed E-state index contributed by atoms with van der Waals surface area (Å²) in [6.07, 6.45) is 0.895. The summed E-state index contributed by atoms with van der Waals surface area (Å²) in [5.41, 5.74) is 3.82. The lowest BCUT2D eigenvalue weighted by Crippen LogP contribution is -2.23. The van der Waals surface area contributed by atoms with E-state index >= 15 is 0 Å². The van der Waals surface area contributed by atoms with Crippen LogP contribution in [0.3, 0.4) is 0 Å². The van der Waals surface area contributed by atoms with Crippen LogP contribution in [0.1, 0.15) is 21.5 Å². The van der Waals surface area contributed by atoms with E-state index < -0.39 is 10.0 Å². The van der Waals surface area contributed by atoms with Gasteiger partial charge in [0.25, 0.3) is 5.91 Å². The first-order valence-electron chi connectivity index (χ1n) is 8.00. The molecule has 2 aromatic carbocycles. The van der Waals surface area contributed by atoms with E-state index in [9.17, 15) is 13.2 Å². The first kappa shape index (κ1) is 20.2. The Hall–Kier alpha value is -2.09. The molecule has 1 aliphatic rings. The molecule has 3 rings (SSSR count). The lowest BCUT2D eigenvalue weighted by molar-refractivity contribution is 0.102. The van der Waals surface area contributed by atoms with Crippen LogP contribution in [0.5, 0.6) is 0 Å². The Balaban J connectivity index is 0.00000243. The van der Waals surface area contributed by atoms with Crippen molar-refractivity contribution >= 4 is 39.7 Å². The Kier molecular flexibility index (Phi) is 5.95.